The van der Waals surface area contributed by atoms with Crippen LogP contribution in [-0.2, 0) is 4.79 Å². The van der Waals surface area contributed by atoms with E-state index in [9.17, 15) is 15.0 Å². The van der Waals surface area contributed by atoms with Crippen LogP contribution >= 0.6 is 0 Å². The Balaban J connectivity index is 2.45. The zero-order valence-electron chi connectivity index (χ0n) is 15.9. The highest BCUT2D eigenvalue weighted by molar-refractivity contribution is 5.66. The predicted molar refractivity (Wildman–Crippen MR) is 101 cm³/mol. The molecule has 0 saturated heterocycles. The molecule has 1 aliphatic rings. The molecule has 0 spiro atoms. The summed E-state index contributed by atoms with van der Waals surface area (Å²) in [7, 11) is 0. The van der Waals surface area contributed by atoms with Crippen molar-refractivity contribution in [2.24, 2.45) is 11.8 Å². The van der Waals surface area contributed by atoms with E-state index >= 15 is 0 Å². The lowest BCUT2D eigenvalue weighted by Gasteiger charge is -2.22. The Bertz CT molecular complexity index is 439. The van der Waals surface area contributed by atoms with Crippen molar-refractivity contribution in [2.45, 2.75) is 89.8 Å². The molecule has 4 atom stereocenters. The standard InChI is InChI=1S/C21H36O4/c1-3-4-9-15-21(2,25)16-14-17-12-13-19(22)18(17)10-7-5-6-8-11-20(23)24/h5,7,14,16-19,22,25H,3-4,6,8-13,15H2,1-2H3,(H,23,24)/t17-,18-,19+,21+/m1/s1. The smallest absolute Gasteiger partial charge is 0.303 e. The van der Waals surface area contributed by atoms with Crippen molar-refractivity contribution in [3.05, 3.63) is 24.3 Å². The van der Waals surface area contributed by atoms with E-state index in [1.807, 2.05) is 19.1 Å². The maximum atomic E-state index is 10.5. The first kappa shape index (κ1) is 21.9. The molecule has 1 aliphatic carbocycles. The molecule has 25 heavy (non-hydrogen) atoms. The van der Waals surface area contributed by atoms with Crippen LogP contribution in [0.25, 0.3) is 0 Å². The molecule has 1 rings (SSSR count). The maximum absolute atomic E-state index is 10.5. The van der Waals surface area contributed by atoms with Gasteiger partial charge in [-0.3, -0.25) is 4.79 Å². The Hall–Kier alpha value is -1.13. The van der Waals surface area contributed by atoms with E-state index in [1.54, 1.807) is 0 Å². The van der Waals surface area contributed by atoms with Crippen molar-refractivity contribution < 1.29 is 20.1 Å². The van der Waals surface area contributed by atoms with Gasteiger partial charge in [0, 0.05) is 6.42 Å². The fraction of sp³-hybridized carbons (Fsp3) is 0.762. The average Bonchev–Trinajstić information content (AvgIpc) is 2.89. The molecule has 0 aliphatic heterocycles. The SMILES string of the molecule is CCCCC[C@](C)(O)C=C[C@H]1CC[C@H](O)[C@@H]1CC=CCCCC(=O)O. The molecule has 0 heterocycles. The number of aliphatic hydroxyl groups excluding tert-OH is 1. The highest BCUT2D eigenvalue weighted by atomic mass is 16.4. The van der Waals surface area contributed by atoms with Gasteiger partial charge in [0.2, 0.25) is 0 Å². The number of rotatable bonds is 12. The molecule has 144 valence electrons. The van der Waals surface area contributed by atoms with E-state index in [0.29, 0.717) is 12.3 Å². The number of carbonyl (C=O) groups is 1. The summed E-state index contributed by atoms with van der Waals surface area (Å²) < 4.78 is 0. The molecule has 0 amide bonds. The van der Waals surface area contributed by atoms with Gasteiger partial charge in [0.25, 0.3) is 0 Å². The van der Waals surface area contributed by atoms with Crippen LogP contribution in [0, 0.1) is 11.8 Å². The van der Waals surface area contributed by atoms with Crippen LogP contribution in [0.4, 0.5) is 0 Å². The fourth-order valence-corrected chi connectivity index (χ4v) is 3.54. The second-order valence-electron chi connectivity index (χ2n) is 7.64. The third kappa shape index (κ3) is 9.22. The van der Waals surface area contributed by atoms with Gasteiger partial charge in [0.1, 0.15) is 0 Å². The molecule has 0 bridgehead atoms. The molecular weight excluding hydrogens is 316 g/mol. The van der Waals surface area contributed by atoms with Crippen LogP contribution in [0.5, 0.6) is 0 Å². The Morgan fingerprint density at radius 3 is 2.64 bits per heavy atom. The second-order valence-corrected chi connectivity index (χ2v) is 7.64. The van der Waals surface area contributed by atoms with Crippen LogP contribution < -0.4 is 0 Å². The molecule has 4 nitrogen and oxygen atoms in total. The summed E-state index contributed by atoms with van der Waals surface area (Å²) in [6.07, 6.45) is 16.1. The molecular formula is C21H36O4. The molecule has 0 aromatic carbocycles. The summed E-state index contributed by atoms with van der Waals surface area (Å²) in [6.45, 7) is 4.02. The van der Waals surface area contributed by atoms with Crippen molar-refractivity contribution in [1.29, 1.82) is 0 Å². The summed E-state index contributed by atoms with van der Waals surface area (Å²) in [5.41, 5.74) is -0.764. The normalized spacial score (nSPS) is 26.5. The Kier molecular flexibility index (Phi) is 10.1. The fourth-order valence-electron chi connectivity index (χ4n) is 3.54. The number of carboxylic acids is 1. The average molecular weight is 353 g/mol. The van der Waals surface area contributed by atoms with Gasteiger partial charge in [-0.05, 0) is 57.3 Å². The summed E-state index contributed by atoms with van der Waals surface area (Å²) >= 11 is 0. The lowest BCUT2D eigenvalue weighted by molar-refractivity contribution is -0.137. The van der Waals surface area contributed by atoms with Crippen molar-refractivity contribution in [3.8, 4) is 0 Å². The van der Waals surface area contributed by atoms with Gasteiger partial charge in [-0.25, -0.2) is 0 Å². The van der Waals surface area contributed by atoms with Crippen molar-refractivity contribution in [2.75, 3.05) is 0 Å². The van der Waals surface area contributed by atoms with E-state index in [-0.39, 0.29) is 18.4 Å². The summed E-state index contributed by atoms with van der Waals surface area (Å²) in [4.78, 5) is 10.5. The van der Waals surface area contributed by atoms with Crippen molar-refractivity contribution in [1.82, 2.24) is 0 Å². The molecule has 1 saturated carbocycles. The van der Waals surface area contributed by atoms with E-state index in [1.165, 1.54) is 0 Å². The van der Waals surface area contributed by atoms with Crippen LogP contribution in [-0.4, -0.2) is 33.0 Å². The zero-order valence-corrected chi connectivity index (χ0v) is 15.9. The summed E-state index contributed by atoms with van der Waals surface area (Å²) in [5.74, 6) is -0.259. The minimum atomic E-state index is -0.764. The first-order valence-corrected chi connectivity index (χ1v) is 9.82. The van der Waals surface area contributed by atoms with E-state index < -0.39 is 11.6 Å². The van der Waals surface area contributed by atoms with E-state index in [2.05, 4.69) is 19.1 Å². The number of hydrogen-bond acceptors (Lipinski definition) is 3. The minimum absolute atomic E-state index is 0.193. The minimum Gasteiger partial charge on any atom is -0.481 e. The van der Waals surface area contributed by atoms with Crippen LogP contribution in [0.2, 0.25) is 0 Å². The first-order chi connectivity index (χ1) is 11.9. The molecule has 4 heteroatoms. The Morgan fingerprint density at radius 1 is 1.20 bits per heavy atom. The number of unbranched alkanes of at least 4 members (excludes halogenated alkanes) is 3. The monoisotopic (exact) mass is 352 g/mol. The topological polar surface area (TPSA) is 77.8 Å². The van der Waals surface area contributed by atoms with Gasteiger partial charge < -0.3 is 15.3 Å². The first-order valence-electron chi connectivity index (χ1n) is 9.82. The van der Waals surface area contributed by atoms with Crippen LogP contribution in [0.1, 0.15) is 78.1 Å². The highest BCUT2D eigenvalue weighted by Crippen LogP contribution is 2.36. The van der Waals surface area contributed by atoms with Crippen LogP contribution in [0.3, 0.4) is 0 Å². The largest absolute Gasteiger partial charge is 0.481 e. The van der Waals surface area contributed by atoms with Gasteiger partial charge in [0.05, 0.1) is 11.7 Å². The lowest BCUT2D eigenvalue weighted by Crippen LogP contribution is -2.22. The van der Waals surface area contributed by atoms with Gasteiger partial charge in [0.15, 0.2) is 0 Å². The van der Waals surface area contributed by atoms with E-state index in [4.69, 9.17) is 5.11 Å². The third-order valence-electron chi connectivity index (χ3n) is 5.17. The Morgan fingerprint density at radius 2 is 1.96 bits per heavy atom. The molecule has 0 aromatic heterocycles. The quantitative estimate of drug-likeness (QED) is 0.358. The van der Waals surface area contributed by atoms with E-state index in [0.717, 1.165) is 51.4 Å². The van der Waals surface area contributed by atoms with Crippen molar-refractivity contribution in [3.63, 3.8) is 0 Å². The second kappa shape index (κ2) is 11.5. The van der Waals surface area contributed by atoms with Gasteiger partial charge in [-0.15, -0.1) is 0 Å². The molecule has 0 aromatic rings. The molecule has 1 fully saturated rings. The van der Waals surface area contributed by atoms with Crippen molar-refractivity contribution >= 4 is 5.97 Å². The third-order valence-corrected chi connectivity index (χ3v) is 5.17. The number of aliphatic carboxylic acids is 1. The Labute approximate surface area is 152 Å². The molecule has 0 unspecified atom stereocenters. The van der Waals surface area contributed by atoms with Gasteiger partial charge in [-0.1, -0.05) is 50.5 Å². The highest BCUT2D eigenvalue weighted by Gasteiger charge is 2.32. The number of aliphatic hydroxyl groups is 2. The maximum Gasteiger partial charge on any atom is 0.303 e. The van der Waals surface area contributed by atoms with Gasteiger partial charge in [-0.2, -0.15) is 0 Å². The number of allylic oxidation sites excluding steroid dienone is 3. The van der Waals surface area contributed by atoms with Crippen LogP contribution in [0.15, 0.2) is 24.3 Å². The zero-order chi connectivity index (χ0) is 18.7. The predicted octanol–water partition coefficient (Wildman–Crippen LogP) is 4.46. The lowest BCUT2D eigenvalue weighted by atomic mass is 9.88. The summed E-state index contributed by atoms with van der Waals surface area (Å²) in [6, 6.07) is 0. The molecule has 3 N–H and O–H groups in total. The summed E-state index contributed by atoms with van der Waals surface area (Å²) in [5, 5.41) is 29.3. The number of hydrogen-bond donors (Lipinski definition) is 3. The number of carboxylic acid groups (broad SMARTS) is 1. The van der Waals surface area contributed by atoms with Gasteiger partial charge >= 0.3 is 5.97 Å². The molecule has 0 radical (unpaired) electrons.